The number of nitrogens with zero attached hydrogens (tertiary/aromatic N) is 4. The van der Waals surface area contributed by atoms with E-state index in [1.165, 1.54) is 30.3 Å². The number of hydrogen-bond acceptors (Lipinski definition) is 6. The highest BCUT2D eigenvalue weighted by atomic mass is 16.6. The largest absolute Gasteiger partial charge is 0.333 e. The zero-order valence-electron chi connectivity index (χ0n) is 16.1. The predicted octanol–water partition coefficient (Wildman–Crippen LogP) is 1.91. The maximum Gasteiger partial charge on any atom is 0.333 e. The number of nitro groups is 1. The molecule has 1 aliphatic heterocycles. The third-order valence-corrected chi connectivity index (χ3v) is 5.04. The zero-order chi connectivity index (χ0) is 21.7. The standard InChI is InChI=1S/C20H16N4O6/c1-11(2)23-19(27)14-8-5-9-15(24(29)30)16(14)21(20(23)28)10-22-17(25)12-6-3-4-7-13(12)18(22)26/h3-9,11H,10H2,1-2H3. The van der Waals surface area contributed by atoms with E-state index < -0.39 is 46.4 Å². The van der Waals surface area contributed by atoms with E-state index >= 15 is 0 Å². The van der Waals surface area contributed by atoms with Gasteiger partial charge in [-0.25, -0.2) is 4.79 Å². The first-order valence-corrected chi connectivity index (χ1v) is 9.11. The van der Waals surface area contributed by atoms with Crippen molar-refractivity contribution in [2.24, 2.45) is 0 Å². The molecule has 4 rings (SSSR count). The van der Waals surface area contributed by atoms with Gasteiger partial charge in [-0.2, -0.15) is 0 Å². The van der Waals surface area contributed by atoms with Gasteiger partial charge in [0.15, 0.2) is 0 Å². The van der Waals surface area contributed by atoms with Crippen LogP contribution in [0.15, 0.2) is 52.1 Å². The fourth-order valence-corrected chi connectivity index (χ4v) is 3.67. The van der Waals surface area contributed by atoms with E-state index in [1.807, 2.05) is 0 Å². The van der Waals surface area contributed by atoms with Gasteiger partial charge in [0.1, 0.15) is 12.2 Å². The van der Waals surface area contributed by atoms with Gasteiger partial charge in [0.05, 0.1) is 21.4 Å². The number of nitro benzene ring substituents is 1. The molecule has 0 radical (unpaired) electrons. The Morgan fingerprint density at radius 1 is 0.933 bits per heavy atom. The van der Waals surface area contributed by atoms with Crippen LogP contribution in [0.4, 0.5) is 5.69 Å². The average molecular weight is 408 g/mol. The number of fused-ring (bicyclic) bond motifs is 2. The van der Waals surface area contributed by atoms with Crippen molar-refractivity contribution in [2.75, 3.05) is 0 Å². The quantitative estimate of drug-likeness (QED) is 0.369. The van der Waals surface area contributed by atoms with Gasteiger partial charge in [0.2, 0.25) is 0 Å². The van der Waals surface area contributed by atoms with Gasteiger partial charge in [-0.3, -0.25) is 38.5 Å². The molecule has 2 amide bonds. The smallest absolute Gasteiger partial charge is 0.269 e. The molecule has 0 saturated carbocycles. The number of para-hydroxylation sites is 1. The normalized spacial score (nSPS) is 13.4. The van der Waals surface area contributed by atoms with Gasteiger partial charge in [0, 0.05) is 12.1 Å². The summed E-state index contributed by atoms with van der Waals surface area (Å²) in [7, 11) is 0. The Hall–Kier alpha value is -4.08. The minimum atomic E-state index is -0.839. The third-order valence-electron chi connectivity index (χ3n) is 5.04. The van der Waals surface area contributed by atoms with Crippen LogP contribution in [0, 0.1) is 10.1 Å². The van der Waals surface area contributed by atoms with Gasteiger partial charge in [0.25, 0.3) is 23.1 Å². The number of carbonyl (C=O) groups excluding carboxylic acids is 2. The van der Waals surface area contributed by atoms with Crippen molar-refractivity contribution < 1.29 is 14.5 Å². The Labute approximate surface area is 168 Å². The second-order valence-corrected chi connectivity index (χ2v) is 7.14. The monoisotopic (exact) mass is 408 g/mol. The number of rotatable bonds is 4. The molecule has 30 heavy (non-hydrogen) atoms. The maximum atomic E-state index is 13.1. The number of carbonyl (C=O) groups is 2. The summed E-state index contributed by atoms with van der Waals surface area (Å²) >= 11 is 0. The zero-order valence-corrected chi connectivity index (χ0v) is 16.1. The number of hydrogen-bond donors (Lipinski definition) is 0. The molecule has 0 aliphatic carbocycles. The summed E-state index contributed by atoms with van der Waals surface area (Å²) in [6, 6.07) is 9.56. The van der Waals surface area contributed by atoms with Crippen molar-refractivity contribution in [3.05, 3.63) is 84.5 Å². The molecule has 152 valence electrons. The van der Waals surface area contributed by atoms with Crippen LogP contribution in [0.2, 0.25) is 0 Å². The molecule has 3 aromatic rings. The summed E-state index contributed by atoms with van der Waals surface area (Å²) in [4.78, 5) is 63.2. The first-order valence-electron chi connectivity index (χ1n) is 9.11. The van der Waals surface area contributed by atoms with E-state index in [9.17, 15) is 29.3 Å². The van der Waals surface area contributed by atoms with Gasteiger partial charge >= 0.3 is 5.69 Å². The number of aromatic nitrogens is 2. The van der Waals surface area contributed by atoms with Crippen molar-refractivity contribution in [3.63, 3.8) is 0 Å². The van der Waals surface area contributed by atoms with Gasteiger partial charge < -0.3 is 0 Å². The number of amides is 2. The molecule has 0 fully saturated rings. The number of benzene rings is 2. The first-order chi connectivity index (χ1) is 14.2. The van der Waals surface area contributed by atoms with Crippen LogP contribution >= 0.6 is 0 Å². The van der Waals surface area contributed by atoms with Crippen molar-refractivity contribution in [3.8, 4) is 0 Å². The van der Waals surface area contributed by atoms with Crippen LogP contribution in [0.25, 0.3) is 10.9 Å². The number of non-ortho nitro benzene ring substituents is 1. The van der Waals surface area contributed by atoms with Crippen LogP contribution in [0.5, 0.6) is 0 Å². The Bertz CT molecular complexity index is 1330. The van der Waals surface area contributed by atoms with Crippen LogP contribution in [-0.4, -0.2) is 30.8 Å². The lowest BCUT2D eigenvalue weighted by Gasteiger charge is -2.20. The summed E-state index contributed by atoms with van der Waals surface area (Å²) in [5.74, 6) is -1.23. The van der Waals surface area contributed by atoms with Crippen molar-refractivity contribution in [1.29, 1.82) is 0 Å². The first kappa shape index (κ1) is 19.2. The summed E-state index contributed by atoms with van der Waals surface area (Å²) in [6.07, 6.45) is 0. The fraction of sp³-hybridized carbons (Fsp3) is 0.200. The van der Waals surface area contributed by atoms with Crippen LogP contribution in [-0.2, 0) is 6.67 Å². The van der Waals surface area contributed by atoms with Gasteiger partial charge in [-0.1, -0.05) is 18.2 Å². The highest BCUT2D eigenvalue weighted by Crippen LogP contribution is 2.26. The van der Waals surface area contributed by atoms with E-state index in [0.717, 1.165) is 14.0 Å². The van der Waals surface area contributed by atoms with E-state index in [-0.39, 0.29) is 22.0 Å². The van der Waals surface area contributed by atoms with Crippen molar-refractivity contribution >= 4 is 28.4 Å². The summed E-state index contributed by atoms with van der Waals surface area (Å²) in [6.45, 7) is 2.69. The van der Waals surface area contributed by atoms with Crippen LogP contribution < -0.4 is 11.2 Å². The Kier molecular flexibility index (Phi) is 4.34. The molecule has 0 saturated heterocycles. The van der Waals surface area contributed by atoms with Gasteiger partial charge in [-0.15, -0.1) is 0 Å². The third kappa shape index (κ3) is 2.65. The summed E-state index contributed by atoms with van der Waals surface area (Å²) in [5.41, 5.74) is -1.83. The second kappa shape index (κ2) is 6.76. The molecule has 1 aromatic heterocycles. The maximum absolute atomic E-state index is 13.1. The molecule has 2 aromatic carbocycles. The lowest BCUT2D eigenvalue weighted by molar-refractivity contribution is -0.383. The van der Waals surface area contributed by atoms with E-state index in [0.29, 0.717) is 0 Å². The fourth-order valence-electron chi connectivity index (χ4n) is 3.67. The molecular weight excluding hydrogens is 392 g/mol. The molecule has 2 heterocycles. The number of imide groups is 1. The summed E-state index contributed by atoms with van der Waals surface area (Å²) < 4.78 is 1.89. The molecule has 0 unspecified atom stereocenters. The SMILES string of the molecule is CC(C)n1c(=O)c2cccc([N+](=O)[O-])c2n(CN2C(=O)c3ccccc3C2=O)c1=O. The molecule has 0 bridgehead atoms. The van der Waals surface area contributed by atoms with Crippen LogP contribution in [0.1, 0.15) is 40.6 Å². The van der Waals surface area contributed by atoms with Gasteiger partial charge in [-0.05, 0) is 32.0 Å². The lowest BCUT2D eigenvalue weighted by atomic mass is 10.1. The van der Waals surface area contributed by atoms with Crippen molar-refractivity contribution in [1.82, 2.24) is 14.0 Å². The van der Waals surface area contributed by atoms with E-state index in [2.05, 4.69) is 0 Å². The minimum Gasteiger partial charge on any atom is -0.269 e. The molecule has 0 spiro atoms. The van der Waals surface area contributed by atoms with E-state index in [4.69, 9.17) is 0 Å². The highest BCUT2D eigenvalue weighted by Gasteiger charge is 2.36. The molecule has 10 heteroatoms. The molecule has 0 atom stereocenters. The predicted molar refractivity (Wildman–Crippen MR) is 106 cm³/mol. The summed E-state index contributed by atoms with van der Waals surface area (Å²) in [5, 5.41) is 11.5. The molecular formula is C20H16N4O6. The average Bonchev–Trinajstić information content (AvgIpc) is 2.95. The Morgan fingerprint density at radius 2 is 1.53 bits per heavy atom. The molecule has 0 N–H and O–H groups in total. The lowest BCUT2D eigenvalue weighted by Crippen LogP contribution is -2.45. The second-order valence-electron chi connectivity index (χ2n) is 7.14. The topological polar surface area (TPSA) is 125 Å². The highest BCUT2D eigenvalue weighted by molar-refractivity contribution is 6.21. The van der Waals surface area contributed by atoms with E-state index in [1.54, 1.807) is 26.0 Å². The Morgan fingerprint density at radius 3 is 2.07 bits per heavy atom. The molecule has 1 aliphatic rings. The van der Waals surface area contributed by atoms with Crippen molar-refractivity contribution in [2.45, 2.75) is 26.6 Å². The minimum absolute atomic E-state index is 0.0471. The Balaban J connectivity index is 2.01. The van der Waals surface area contributed by atoms with Crippen LogP contribution in [0.3, 0.4) is 0 Å². The molecule has 10 nitrogen and oxygen atoms in total.